The molecule has 0 aliphatic heterocycles. The molecule has 0 fully saturated rings. The second kappa shape index (κ2) is 6.74. The number of benzene rings is 2. The van der Waals surface area contributed by atoms with Gasteiger partial charge in [0.25, 0.3) is 0 Å². The molecule has 0 aromatic heterocycles. The molecule has 0 radical (unpaired) electrons. The normalized spacial score (nSPS) is 10.2. The third kappa shape index (κ3) is 3.95. The van der Waals surface area contributed by atoms with Crippen LogP contribution in [0.4, 0.5) is 5.69 Å². The van der Waals surface area contributed by atoms with Crippen molar-refractivity contribution in [2.75, 3.05) is 5.32 Å². The number of hydrogen-bond donors (Lipinski definition) is 1. The molecular weight excluding hydrogens is 234 g/mol. The van der Waals surface area contributed by atoms with Crippen LogP contribution in [0.25, 0.3) is 0 Å². The van der Waals surface area contributed by atoms with E-state index < -0.39 is 0 Å². The summed E-state index contributed by atoms with van der Waals surface area (Å²) in [6.45, 7) is 2.79. The van der Waals surface area contributed by atoms with Crippen molar-refractivity contribution in [3.8, 4) is 0 Å². The van der Waals surface area contributed by atoms with Gasteiger partial charge >= 0.3 is 0 Å². The molecule has 0 amide bonds. The summed E-state index contributed by atoms with van der Waals surface area (Å²) in [4.78, 5) is 11.8. The van der Waals surface area contributed by atoms with E-state index in [0.717, 1.165) is 24.2 Å². The summed E-state index contributed by atoms with van der Waals surface area (Å²) in [6, 6.07) is 18.0. The van der Waals surface area contributed by atoms with Crippen LogP contribution in [-0.4, -0.2) is 5.78 Å². The number of carbonyl (C=O) groups is 1. The van der Waals surface area contributed by atoms with Gasteiger partial charge in [0.2, 0.25) is 0 Å². The van der Waals surface area contributed by atoms with E-state index in [0.29, 0.717) is 6.42 Å². The number of anilines is 1. The Morgan fingerprint density at radius 3 is 2.58 bits per heavy atom. The molecule has 0 aliphatic rings. The van der Waals surface area contributed by atoms with Gasteiger partial charge in [0.1, 0.15) is 0 Å². The highest BCUT2D eigenvalue weighted by molar-refractivity contribution is 5.96. The van der Waals surface area contributed by atoms with E-state index in [1.54, 1.807) is 0 Å². The number of nitrogens with one attached hydrogen (secondary N) is 1. The molecule has 0 spiro atoms. The summed E-state index contributed by atoms with van der Waals surface area (Å²) in [5.74, 6) is 0.214. The predicted molar refractivity (Wildman–Crippen MR) is 79.4 cm³/mol. The fourth-order valence-corrected chi connectivity index (χ4v) is 1.97. The van der Waals surface area contributed by atoms with Gasteiger partial charge in [-0.15, -0.1) is 0 Å². The smallest absolute Gasteiger partial charge is 0.162 e. The van der Waals surface area contributed by atoms with Crippen molar-refractivity contribution in [1.82, 2.24) is 0 Å². The predicted octanol–water partition coefficient (Wildman–Crippen LogP) is 4.28. The first kappa shape index (κ1) is 13.3. The van der Waals surface area contributed by atoms with Crippen LogP contribution in [-0.2, 0) is 6.54 Å². The van der Waals surface area contributed by atoms with E-state index in [2.05, 4.69) is 17.4 Å². The molecule has 0 heterocycles. The first-order chi connectivity index (χ1) is 9.29. The van der Waals surface area contributed by atoms with Crippen LogP contribution in [0, 0.1) is 0 Å². The standard InChI is InChI=1S/C17H19NO/c1-2-7-17(19)15-10-6-11-16(12-15)18-13-14-8-4-3-5-9-14/h3-6,8-12,18H,2,7,13H2,1H3. The largest absolute Gasteiger partial charge is 0.381 e. The fourth-order valence-electron chi connectivity index (χ4n) is 1.97. The summed E-state index contributed by atoms with van der Waals surface area (Å²) >= 11 is 0. The zero-order chi connectivity index (χ0) is 13.5. The number of ketones is 1. The van der Waals surface area contributed by atoms with Crippen molar-refractivity contribution in [3.63, 3.8) is 0 Å². The molecule has 2 rings (SSSR count). The Kier molecular flexibility index (Phi) is 4.73. The Balaban J connectivity index is 2.01. The molecule has 0 atom stereocenters. The Morgan fingerprint density at radius 1 is 1.05 bits per heavy atom. The van der Waals surface area contributed by atoms with Crippen LogP contribution in [0.1, 0.15) is 35.7 Å². The summed E-state index contributed by atoms with van der Waals surface area (Å²) in [5.41, 5.74) is 3.01. The maximum absolute atomic E-state index is 11.8. The SMILES string of the molecule is CCCC(=O)c1cccc(NCc2ccccc2)c1. The third-order valence-electron chi connectivity index (χ3n) is 3.00. The van der Waals surface area contributed by atoms with E-state index in [4.69, 9.17) is 0 Å². The van der Waals surface area contributed by atoms with Crippen LogP contribution >= 0.6 is 0 Å². The van der Waals surface area contributed by atoms with Gasteiger partial charge in [0.15, 0.2) is 5.78 Å². The van der Waals surface area contributed by atoms with Crippen molar-refractivity contribution in [2.45, 2.75) is 26.3 Å². The Hall–Kier alpha value is -2.09. The molecule has 1 N–H and O–H groups in total. The highest BCUT2D eigenvalue weighted by Gasteiger charge is 2.04. The van der Waals surface area contributed by atoms with E-state index in [-0.39, 0.29) is 5.78 Å². The molecule has 2 aromatic rings. The zero-order valence-corrected chi connectivity index (χ0v) is 11.2. The van der Waals surface area contributed by atoms with Crippen molar-refractivity contribution in [1.29, 1.82) is 0 Å². The minimum absolute atomic E-state index is 0.214. The highest BCUT2D eigenvalue weighted by Crippen LogP contribution is 2.14. The molecule has 0 aliphatic carbocycles. The van der Waals surface area contributed by atoms with Gasteiger partial charge in [-0.2, -0.15) is 0 Å². The number of rotatable bonds is 6. The Labute approximate surface area is 114 Å². The molecule has 98 valence electrons. The summed E-state index contributed by atoms with van der Waals surface area (Å²) in [5, 5.41) is 3.35. The van der Waals surface area contributed by atoms with Gasteiger partial charge in [-0.1, -0.05) is 49.4 Å². The van der Waals surface area contributed by atoms with Gasteiger partial charge in [-0.25, -0.2) is 0 Å². The third-order valence-corrected chi connectivity index (χ3v) is 3.00. The average Bonchev–Trinajstić information content (AvgIpc) is 2.47. The van der Waals surface area contributed by atoms with E-state index in [9.17, 15) is 4.79 Å². The Bertz CT molecular complexity index is 534. The summed E-state index contributed by atoms with van der Waals surface area (Å²) in [7, 11) is 0. The van der Waals surface area contributed by atoms with Crippen molar-refractivity contribution >= 4 is 11.5 Å². The second-order valence-corrected chi connectivity index (χ2v) is 4.59. The van der Waals surface area contributed by atoms with Gasteiger partial charge in [-0.05, 0) is 24.1 Å². The molecule has 19 heavy (non-hydrogen) atoms. The van der Waals surface area contributed by atoms with Gasteiger partial charge < -0.3 is 5.32 Å². The molecule has 2 aromatic carbocycles. The number of carbonyl (C=O) groups excluding carboxylic acids is 1. The van der Waals surface area contributed by atoms with Crippen LogP contribution in [0.2, 0.25) is 0 Å². The van der Waals surface area contributed by atoms with Crippen LogP contribution in [0.5, 0.6) is 0 Å². The van der Waals surface area contributed by atoms with E-state index in [1.165, 1.54) is 5.56 Å². The first-order valence-corrected chi connectivity index (χ1v) is 6.70. The lowest BCUT2D eigenvalue weighted by Gasteiger charge is -2.08. The van der Waals surface area contributed by atoms with E-state index >= 15 is 0 Å². The summed E-state index contributed by atoms with van der Waals surface area (Å²) < 4.78 is 0. The topological polar surface area (TPSA) is 29.1 Å². The maximum atomic E-state index is 11.8. The van der Waals surface area contributed by atoms with Crippen molar-refractivity contribution < 1.29 is 4.79 Å². The fraction of sp³-hybridized carbons (Fsp3) is 0.235. The molecule has 2 heteroatoms. The number of hydrogen-bond acceptors (Lipinski definition) is 2. The highest BCUT2D eigenvalue weighted by atomic mass is 16.1. The molecule has 2 nitrogen and oxygen atoms in total. The lowest BCUT2D eigenvalue weighted by atomic mass is 10.1. The van der Waals surface area contributed by atoms with Crippen LogP contribution < -0.4 is 5.32 Å². The van der Waals surface area contributed by atoms with E-state index in [1.807, 2.05) is 49.4 Å². The lowest BCUT2D eigenvalue weighted by molar-refractivity contribution is 0.0982. The molecule has 0 saturated heterocycles. The minimum Gasteiger partial charge on any atom is -0.381 e. The summed E-state index contributed by atoms with van der Waals surface area (Å²) in [6.07, 6.45) is 1.50. The lowest BCUT2D eigenvalue weighted by Crippen LogP contribution is -2.02. The molecular formula is C17H19NO. The van der Waals surface area contributed by atoms with Gasteiger partial charge in [0, 0.05) is 24.2 Å². The van der Waals surface area contributed by atoms with Crippen LogP contribution in [0.3, 0.4) is 0 Å². The van der Waals surface area contributed by atoms with Gasteiger partial charge in [-0.3, -0.25) is 4.79 Å². The van der Waals surface area contributed by atoms with Gasteiger partial charge in [0.05, 0.1) is 0 Å². The molecule has 0 unspecified atom stereocenters. The maximum Gasteiger partial charge on any atom is 0.162 e. The Morgan fingerprint density at radius 2 is 1.84 bits per heavy atom. The first-order valence-electron chi connectivity index (χ1n) is 6.70. The van der Waals surface area contributed by atoms with Crippen molar-refractivity contribution in [2.24, 2.45) is 0 Å². The second-order valence-electron chi connectivity index (χ2n) is 4.59. The average molecular weight is 253 g/mol. The quantitative estimate of drug-likeness (QED) is 0.778. The molecule has 0 bridgehead atoms. The van der Waals surface area contributed by atoms with Crippen molar-refractivity contribution in [3.05, 3.63) is 65.7 Å². The number of Topliss-reactive ketones (excluding diaryl/α,β-unsaturated/α-hetero) is 1. The van der Waals surface area contributed by atoms with Crippen LogP contribution in [0.15, 0.2) is 54.6 Å². The molecule has 0 saturated carbocycles. The minimum atomic E-state index is 0.214. The monoisotopic (exact) mass is 253 g/mol. The zero-order valence-electron chi connectivity index (χ0n) is 11.2.